The monoisotopic (exact) mass is 408 g/mol. The maximum atomic E-state index is 13.0. The predicted octanol–water partition coefficient (Wildman–Crippen LogP) is 5.06. The second kappa shape index (κ2) is 9.25. The minimum atomic E-state index is -3.55. The third-order valence-corrected chi connectivity index (χ3v) is 6.53. The summed E-state index contributed by atoms with van der Waals surface area (Å²) in [6, 6.07) is 21.7. The summed E-state index contributed by atoms with van der Waals surface area (Å²) in [7, 11) is -3.55. The summed E-state index contributed by atoms with van der Waals surface area (Å²) < 4.78 is 29.7. The average Bonchev–Trinajstić information content (AvgIpc) is 3.13. The molecule has 0 bridgehead atoms. The molecule has 0 N–H and O–H groups in total. The summed E-state index contributed by atoms with van der Waals surface area (Å²) in [5.74, 6) is 0. The second-order valence-corrected chi connectivity index (χ2v) is 9.28. The van der Waals surface area contributed by atoms with Crippen LogP contribution < -0.4 is 0 Å². The Hall–Kier alpha value is -2.63. The zero-order chi connectivity index (χ0) is 20.9. The first-order valence-electron chi connectivity index (χ1n) is 9.80. The van der Waals surface area contributed by atoms with Crippen molar-refractivity contribution in [2.45, 2.75) is 39.9 Å². The molecule has 3 aromatic rings. The molecule has 0 aliphatic rings. The van der Waals surface area contributed by atoms with Crippen LogP contribution in [0.1, 0.15) is 36.2 Å². The van der Waals surface area contributed by atoms with Gasteiger partial charge >= 0.3 is 0 Å². The Balaban J connectivity index is 1.80. The van der Waals surface area contributed by atoms with Crippen LogP contribution in [0, 0.1) is 6.92 Å². The van der Waals surface area contributed by atoms with Crippen molar-refractivity contribution in [1.82, 2.24) is 8.87 Å². The minimum absolute atomic E-state index is 0.150. The first-order valence-corrected chi connectivity index (χ1v) is 11.3. The third-order valence-electron chi connectivity index (χ3n) is 4.85. The van der Waals surface area contributed by atoms with Crippen molar-refractivity contribution in [1.29, 1.82) is 0 Å². The molecule has 0 fully saturated rings. The molecule has 1 aromatic heterocycles. The zero-order valence-electron chi connectivity index (χ0n) is 17.2. The van der Waals surface area contributed by atoms with E-state index in [0.29, 0.717) is 13.1 Å². The van der Waals surface area contributed by atoms with Crippen LogP contribution in [0.3, 0.4) is 0 Å². The lowest BCUT2D eigenvalue weighted by atomic mass is 10.1. The summed E-state index contributed by atoms with van der Waals surface area (Å²) in [5.41, 5.74) is 4.25. The van der Waals surface area contributed by atoms with Crippen LogP contribution in [-0.4, -0.2) is 23.3 Å². The van der Waals surface area contributed by atoms with Gasteiger partial charge in [-0.25, -0.2) is 8.42 Å². The normalized spacial score (nSPS) is 12.3. The van der Waals surface area contributed by atoms with Gasteiger partial charge in [-0.15, -0.1) is 0 Å². The lowest BCUT2D eigenvalue weighted by Gasteiger charge is -2.25. The largest absolute Gasteiger partial charge is 0.346 e. The smallest absolute Gasteiger partial charge is 0.236 e. The quantitative estimate of drug-likeness (QED) is 0.523. The van der Waals surface area contributed by atoms with E-state index in [0.717, 1.165) is 11.3 Å². The van der Waals surface area contributed by atoms with Crippen molar-refractivity contribution in [3.8, 4) is 0 Å². The van der Waals surface area contributed by atoms with Crippen LogP contribution in [0.25, 0.3) is 6.08 Å². The topological polar surface area (TPSA) is 42.3 Å². The Morgan fingerprint density at radius 3 is 2.31 bits per heavy atom. The number of sulfonamides is 1. The number of rotatable bonds is 8. The Morgan fingerprint density at radius 2 is 1.66 bits per heavy atom. The van der Waals surface area contributed by atoms with E-state index in [-0.39, 0.29) is 6.04 Å². The molecule has 152 valence electrons. The molecule has 0 saturated heterocycles. The Kier molecular flexibility index (Phi) is 6.72. The number of aryl methyl sites for hydroxylation is 1. The molecule has 0 aliphatic carbocycles. The van der Waals surface area contributed by atoms with Crippen LogP contribution >= 0.6 is 0 Å². The van der Waals surface area contributed by atoms with Crippen LogP contribution in [0.2, 0.25) is 0 Å². The highest BCUT2D eigenvalue weighted by atomic mass is 32.2. The zero-order valence-corrected chi connectivity index (χ0v) is 18.0. The Morgan fingerprint density at radius 1 is 0.966 bits per heavy atom. The summed E-state index contributed by atoms with van der Waals surface area (Å²) >= 11 is 0. The summed E-state index contributed by atoms with van der Waals surface area (Å²) in [4.78, 5) is 0. The highest BCUT2D eigenvalue weighted by Gasteiger charge is 2.23. The lowest BCUT2D eigenvalue weighted by molar-refractivity contribution is 0.345. The molecule has 0 unspecified atom stereocenters. The summed E-state index contributed by atoms with van der Waals surface area (Å²) in [6.45, 7) is 6.92. The van der Waals surface area contributed by atoms with E-state index in [9.17, 15) is 8.42 Å². The fourth-order valence-electron chi connectivity index (χ4n) is 3.17. The van der Waals surface area contributed by atoms with Crippen LogP contribution in [0.4, 0.5) is 0 Å². The van der Waals surface area contributed by atoms with E-state index in [2.05, 4.69) is 35.8 Å². The molecule has 0 saturated carbocycles. The van der Waals surface area contributed by atoms with Gasteiger partial charge < -0.3 is 4.57 Å². The predicted molar refractivity (Wildman–Crippen MR) is 120 cm³/mol. The molecule has 2 aromatic carbocycles. The number of benzene rings is 2. The molecule has 5 heteroatoms. The molecule has 4 nitrogen and oxygen atoms in total. The fraction of sp³-hybridized carbons (Fsp3) is 0.250. The first-order chi connectivity index (χ1) is 13.8. The number of hydrogen-bond donors (Lipinski definition) is 0. The van der Waals surface area contributed by atoms with Gasteiger partial charge in [-0.3, -0.25) is 0 Å². The van der Waals surface area contributed by atoms with Gasteiger partial charge in [-0.2, -0.15) is 4.31 Å². The number of hydrogen-bond acceptors (Lipinski definition) is 2. The molecule has 0 atom stereocenters. The fourth-order valence-corrected chi connectivity index (χ4v) is 4.56. The molecule has 1 heterocycles. The molecule has 3 rings (SSSR count). The van der Waals surface area contributed by atoms with Crippen LogP contribution in [-0.2, 0) is 23.1 Å². The van der Waals surface area contributed by atoms with Crippen LogP contribution in [0.5, 0.6) is 0 Å². The highest BCUT2D eigenvalue weighted by Crippen LogP contribution is 2.18. The maximum absolute atomic E-state index is 13.0. The van der Waals surface area contributed by atoms with Gasteiger partial charge in [-0.05, 0) is 50.1 Å². The van der Waals surface area contributed by atoms with E-state index in [1.807, 2.05) is 62.5 Å². The Labute approximate surface area is 174 Å². The SMILES string of the molecule is Cc1ccc(Cn2cccc2CN(C(C)C)S(=O)(=O)C=Cc2ccccc2)cc1. The summed E-state index contributed by atoms with van der Waals surface area (Å²) in [6.07, 6.45) is 3.65. The average molecular weight is 409 g/mol. The van der Waals surface area contributed by atoms with Gasteiger partial charge in [0.25, 0.3) is 0 Å². The molecule has 29 heavy (non-hydrogen) atoms. The molecule has 0 spiro atoms. The van der Waals surface area contributed by atoms with Gasteiger partial charge in [0.15, 0.2) is 0 Å². The van der Waals surface area contributed by atoms with Crippen molar-refractivity contribution in [2.24, 2.45) is 0 Å². The van der Waals surface area contributed by atoms with E-state index in [1.54, 1.807) is 6.08 Å². The molecule has 0 amide bonds. The molecular weight excluding hydrogens is 380 g/mol. The van der Waals surface area contributed by atoms with E-state index < -0.39 is 10.0 Å². The van der Waals surface area contributed by atoms with E-state index in [4.69, 9.17) is 0 Å². The standard InChI is InChI=1S/C24H28N2O2S/c1-20(2)26(29(27,28)17-15-22-8-5-4-6-9-22)19-24-10-7-16-25(24)18-23-13-11-21(3)12-14-23/h4-17,20H,18-19H2,1-3H3. The maximum Gasteiger partial charge on any atom is 0.236 e. The highest BCUT2D eigenvalue weighted by molar-refractivity contribution is 7.92. The van der Waals surface area contributed by atoms with Gasteiger partial charge in [0, 0.05) is 29.9 Å². The van der Waals surface area contributed by atoms with Crippen LogP contribution in [0.15, 0.2) is 78.3 Å². The van der Waals surface area contributed by atoms with Crippen molar-refractivity contribution >= 4 is 16.1 Å². The lowest BCUT2D eigenvalue weighted by Crippen LogP contribution is -2.35. The first kappa shape index (κ1) is 21.1. The molecule has 0 aliphatic heterocycles. The van der Waals surface area contributed by atoms with Gasteiger partial charge in [-0.1, -0.05) is 60.2 Å². The number of aromatic nitrogens is 1. The minimum Gasteiger partial charge on any atom is -0.346 e. The number of nitrogens with zero attached hydrogens (tertiary/aromatic N) is 2. The molecular formula is C24H28N2O2S. The second-order valence-electron chi connectivity index (χ2n) is 7.51. The van der Waals surface area contributed by atoms with Crippen molar-refractivity contribution in [3.63, 3.8) is 0 Å². The van der Waals surface area contributed by atoms with E-state index >= 15 is 0 Å². The van der Waals surface area contributed by atoms with Gasteiger partial charge in [0.05, 0.1) is 6.54 Å². The molecule has 0 radical (unpaired) electrons. The van der Waals surface area contributed by atoms with Crippen molar-refractivity contribution in [3.05, 3.63) is 101 Å². The Bertz CT molecular complexity index is 1050. The third kappa shape index (κ3) is 5.68. The van der Waals surface area contributed by atoms with E-state index in [1.165, 1.54) is 20.8 Å². The van der Waals surface area contributed by atoms with Crippen molar-refractivity contribution < 1.29 is 8.42 Å². The van der Waals surface area contributed by atoms with Gasteiger partial charge in [0.1, 0.15) is 0 Å². The van der Waals surface area contributed by atoms with Crippen molar-refractivity contribution in [2.75, 3.05) is 0 Å². The van der Waals surface area contributed by atoms with Gasteiger partial charge in [0.2, 0.25) is 10.0 Å². The summed E-state index contributed by atoms with van der Waals surface area (Å²) in [5, 5.41) is 1.30.